The molecule has 2 N–H and O–H groups in total. The number of halogens is 1. The van der Waals surface area contributed by atoms with Gasteiger partial charge in [0.05, 0.1) is 5.56 Å². The van der Waals surface area contributed by atoms with Crippen molar-refractivity contribution in [3.05, 3.63) is 59.1 Å². The summed E-state index contributed by atoms with van der Waals surface area (Å²) in [5.41, 5.74) is 11.1. The molecular formula is C17H16ClN3. The van der Waals surface area contributed by atoms with Gasteiger partial charge in [-0.1, -0.05) is 53.6 Å². The molecular weight excluding hydrogens is 282 g/mol. The van der Waals surface area contributed by atoms with Crippen LogP contribution in [0, 0.1) is 6.92 Å². The van der Waals surface area contributed by atoms with Crippen LogP contribution in [-0.2, 0) is 7.05 Å². The van der Waals surface area contributed by atoms with Crippen LogP contribution in [-0.4, -0.2) is 9.78 Å². The molecule has 0 unspecified atom stereocenters. The Balaban J connectivity index is 2.29. The molecule has 4 heteroatoms. The highest BCUT2D eigenvalue weighted by atomic mass is 35.5. The van der Waals surface area contributed by atoms with Gasteiger partial charge in [-0.15, -0.1) is 0 Å². The minimum atomic E-state index is 0.611. The van der Waals surface area contributed by atoms with E-state index in [9.17, 15) is 0 Å². The lowest BCUT2D eigenvalue weighted by atomic mass is 10.00. The van der Waals surface area contributed by atoms with Gasteiger partial charge in [-0.2, -0.15) is 5.10 Å². The minimum Gasteiger partial charge on any atom is -0.383 e. The van der Waals surface area contributed by atoms with Crippen LogP contribution in [0.15, 0.2) is 48.5 Å². The summed E-state index contributed by atoms with van der Waals surface area (Å²) < 4.78 is 1.69. The minimum absolute atomic E-state index is 0.611. The van der Waals surface area contributed by atoms with Crippen molar-refractivity contribution >= 4 is 17.4 Å². The van der Waals surface area contributed by atoms with Crippen LogP contribution in [0.25, 0.3) is 22.4 Å². The standard InChI is InChI=1S/C17H16ClN3/c1-11-6-5-7-12(10-11)16-15(17(19)21(2)20-16)13-8-3-4-9-14(13)18/h3-10H,19H2,1-2H3. The van der Waals surface area contributed by atoms with Gasteiger partial charge < -0.3 is 5.73 Å². The first-order valence-electron chi connectivity index (χ1n) is 6.72. The molecule has 0 saturated heterocycles. The highest BCUT2D eigenvalue weighted by Crippen LogP contribution is 2.39. The molecule has 3 nitrogen and oxygen atoms in total. The maximum atomic E-state index is 6.34. The van der Waals surface area contributed by atoms with Crippen molar-refractivity contribution in [1.29, 1.82) is 0 Å². The Labute approximate surface area is 129 Å². The molecule has 0 aliphatic carbocycles. The van der Waals surface area contributed by atoms with E-state index in [1.54, 1.807) is 4.68 Å². The van der Waals surface area contributed by atoms with Crippen molar-refractivity contribution in [2.24, 2.45) is 7.05 Å². The van der Waals surface area contributed by atoms with E-state index in [1.165, 1.54) is 5.56 Å². The van der Waals surface area contributed by atoms with Crippen LogP contribution in [0.2, 0.25) is 5.02 Å². The molecule has 0 aliphatic heterocycles. The lowest BCUT2D eigenvalue weighted by molar-refractivity contribution is 0.782. The zero-order valence-electron chi connectivity index (χ0n) is 12.0. The number of hydrogen-bond donors (Lipinski definition) is 1. The second-order valence-corrected chi connectivity index (χ2v) is 5.49. The van der Waals surface area contributed by atoms with Crippen LogP contribution < -0.4 is 5.73 Å². The third-order valence-corrected chi connectivity index (χ3v) is 3.86. The summed E-state index contributed by atoms with van der Waals surface area (Å²) in [6.07, 6.45) is 0. The van der Waals surface area contributed by atoms with Gasteiger partial charge in [0.1, 0.15) is 11.5 Å². The van der Waals surface area contributed by atoms with Crippen LogP contribution in [0.1, 0.15) is 5.56 Å². The van der Waals surface area contributed by atoms with Crippen LogP contribution in [0.5, 0.6) is 0 Å². The first-order chi connectivity index (χ1) is 10.1. The van der Waals surface area contributed by atoms with Gasteiger partial charge in [-0.3, -0.25) is 4.68 Å². The second kappa shape index (κ2) is 5.26. The molecule has 0 spiro atoms. The van der Waals surface area contributed by atoms with E-state index in [0.717, 1.165) is 22.4 Å². The molecule has 21 heavy (non-hydrogen) atoms. The first kappa shape index (κ1) is 13.7. The third kappa shape index (κ3) is 2.41. The summed E-state index contributed by atoms with van der Waals surface area (Å²) >= 11 is 6.34. The van der Waals surface area contributed by atoms with Gasteiger partial charge >= 0.3 is 0 Å². The molecule has 0 fully saturated rings. The molecule has 1 heterocycles. The second-order valence-electron chi connectivity index (χ2n) is 5.08. The Kier molecular flexibility index (Phi) is 3.43. The number of aryl methyl sites for hydroxylation is 2. The van der Waals surface area contributed by atoms with Crippen LogP contribution in [0.4, 0.5) is 5.82 Å². The Bertz CT molecular complexity index is 806. The Morgan fingerprint density at radius 1 is 1.10 bits per heavy atom. The number of benzene rings is 2. The molecule has 106 valence electrons. The largest absolute Gasteiger partial charge is 0.383 e. The van der Waals surface area contributed by atoms with E-state index in [0.29, 0.717) is 10.8 Å². The maximum absolute atomic E-state index is 6.34. The summed E-state index contributed by atoms with van der Waals surface area (Å²) in [6, 6.07) is 15.9. The number of hydrogen-bond acceptors (Lipinski definition) is 2. The lowest BCUT2D eigenvalue weighted by Gasteiger charge is -2.07. The summed E-state index contributed by atoms with van der Waals surface area (Å²) in [7, 11) is 1.84. The molecule has 2 aromatic carbocycles. The molecule has 0 radical (unpaired) electrons. The van der Waals surface area contributed by atoms with Crippen LogP contribution >= 0.6 is 11.6 Å². The normalized spacial score (nSPS) is 10.8. The highest BCUT2D eigenvalue weighted by Gasteiger charge is 2.19. The van der Waals surface area contributed by atoms with Gasteiger partial charge in [-0.05, 0) is 19.1 Å². The summed E-state index contributed by atoms with van der Waals surface area (Å²) in [5, 5.41) is 5.24. The van der Waals surface area contributed by atoms with Gasteiger partial charge in [0.2, 0.25) is 0 Å². The Hall–Kier alpha value is -2.26. The van der Waals surface area contributed by atoms with E-state index in [4.69, 9.17) is 17.3 Å². The molecule has 0 bridgehead atoms. The fraction of sp³-hybridized carbons (Fsp3) is 0.118. The number of aromatic nitrogens is 2. The summed E-state index contributed by atoms with van der Waals surface area (Å²) in [4.78, 5) is 0. The number of rotatable bonds is 2. The lowest BCUT2D eigenvalue weighted by Crippen LogP contribution is -1.98. The van der Waals surface area contributed by atoms with Gasteiger partial charge in [0, 0.05) is 23.2 Å². The average molecular weight is 298 g/mol. The Morgan fingerprint density at radius 2 is 1.86 bits per heavy atom. The fourth-order valence-corrected chi connectivity index (χ4v) is 2.69. The SMILES string of the molecule is Cc1cccc(-c2nn(C)c(N)c2-c2ccccc2Cl)c1. The maximum Gasteiger partial charge on any atom is 0.129 e. The van der Waals surface area contributed by atoms with E-state index in [-0.39, 0.29) is 0 Å². The summed E-state index contributed by atoms with van der Waals surface area (Å²) in [6.45, 7) is 2.06. The molecule has 1 aromatic heterocycles. The van der Waals surface area contributed by atoms with Crippen molar-refractivity contribution < 1.29 is 0 Å². The zero-order chi connectivity index (χ0) is 15.0. The van der Waals surface area contributed by atoms with Gasteiger partial charge in [0.15, 0.2) is 0 Å². The van der Waals surface area contributed by atoms with Crippen molar-refractivity contribution in [3.8, 4) is 22.4 Å². The molecule has 3 rings (SSSR count). The summed E-state index contributed by atoms with van der Waals surface area (Å²) in [5.74, 6) is 0.611. The molecule has 3 aromatic rings. The van der Waals surface area contributed by atoms with E-state index in [2.05, 4.69) is 24.2 Å². The van der Waals surface area contributed by atoms with E-state index < -0.39 is 0 Å². The topological polar surface area (TPSA) is 43.8 Å². The number of nitrogen functional groups attached to an aromatic ring is 1. The number of nitrogens with zero attached hydrogens (tertiary/aromatic N) is 2. The van der Waals surface area contributed by atoms with Crippen LogP contribution in [0.3, 0.4) is 0 Å². The quantitative estimate of drug-likeness (QED) is 0.766. The first-order valence-corrected chi connectivity index (χ1v) is 7.10. The molecule has 0 atom stereocenters. The number of nitrogens with two attached hydrogens (primary N) is 1. The smallest absolute Gasteiger partial charge is 0.129 e. The zero-order valence-corrected chi connectivity index (χ0v) is 12.7. The molecule has 0 amide bonds. The predicted octanol–water partition coefficient (Wildman–Crippen LogP) is 4.30. The predicted molar refractivity (Wildman–Crippen MR) is 88.2 cm³/mol. The van der Waals surface area contributed by atoms with Crippen molar-refractivity contribution in [1.82, 2.24) is 9.78 Å². The highest BCUT2D eigenvalue weighted by molar-refractivity contribution is 6.33. The average Bonchev–Trinajstić information content (AvgIpc) is 2.76. The van der Waals surface area contributed by atoms with Crippen molar-refractivity contribution in [3.63, 3.8) is 0 Å². The Morgan fingerprint density at radius 3 is 2.57 bits per heavy atom. The molecule has 0 aliphatic rings. The van der Waals surface area contributed by atoms with Crippen molar-refractivity contribution in [2.75, 3.05) is 5.73 Å². The van der Waals surface area contributed by atoms with E-state index in [1.807, 2.05) is 43.4 Å². The monoisotopic (exact) mass is 297 g/mol. The van der Waals surface area contributed by atoms with Gasteiger partial charge in [0.25, 0.3) is 0 Å². The van der Waals surface area contributed by atoms with E-state index >= 15 is 0 Å². The molecule has 0 saturated carbocycles. The number of anilines is 1. The fourth-order valence-electron chi connectivity index (χ4n) is 2.46. The third-order valence-electron chi connectivity index (χ3n) is 3.53. The van der Waals surface area contributed by atoms with Crippen molar-refractivity contribution in [2.45, 2.75) is 6.92 Å². The van der Waals surface area contributed by atoms with Gasteiger partial charge in [-0.25, -0.2) is 0 Å².